The molecule has 3 fully saturated rings. The molecule has 6 nitrogen and oxygen atoms in total. The molecule has 0 spiro atoms. The molecule has 2 atom stereocenters. The average Bonchev–Trinajstić information content (AvgIpc) is 3.50. The van der Waals surface area contributed by atoms with E-state index in [2.05, 4.69) is 10.6 Å². The lowest BCUT2D eigenvalue weighted by molar-refractivity contribution is -0.141. The zero-order valence-electron chi connectivity index (χ0n) is 18.4. The van der Waals surface area contributed by atoms with Crippen LogP contribution in [0.1, 0.15) is 81.0 Å². The third kappa shape index (κ3) is 5.28. The number of nitrogens with one attached hydrogen (secondary N) is 2. The molecule has 0 bridgehead atoms. The number of hydrogen-bond donors (Lipinski definition) is 2. The summed E-state index contributed by atoms with van der Waals surface area (Å²) in [7, 11) is 0. The van der Waals surface area contributed by atoms with Crippen LogP contribution in [0.15, 0.2) is 30.3 Å². The molecule has 3 aliphatic rings. The Bertz CT molecular complexity index is 769. The van der Waals surface area contributed by atoms with E-state index >= 15 is 0 Å². The fraction of sp³-hybridized carbons (Fsp3) is 0.640. The summed E-state index contributed by atoms with van der Waals surface area (Å²) in [5.41, 5.74) is 0.563. The normalized spacial score (nSPS) is 23.5. The fourth-order valence-corrected chi connectivity index (χ4v) is 5.51. The van der Waals surface area contributed by atoms with Gasteiger partial charge in [-0.15, -0.1) is 0 Å². The average molecular weight is 426 g/mol. The second kappa shape index (κ2) is 10.3. The van der Waals surface area contributed by atoms with Crippen LogP contribution in [-0.2, 0) is 9.59 Å². The SMILES string of the molecule is O=C(N[C@H](C(=O)N1CCC[C@H]1C(=O)NC1CCCC1)C1CCCCC1)c1ccccc1. The molecule has 31 heavy (non-hydrogen) atoms. The van der Waals surface area contributed by atoms with Crippen molar-refractivity contribution in [2.24, 2.45) is 5.92 Å². The number of hydrogen-bond acceptors (Lipinski definition) is 3. The maximum absolute atomic E-state index is 13.7. The monoisotopic (exact) mass is 425 g/mol. The van der Waals surface area contributed by atoms with Crippen molar-refractivity contribution in [2.45, 2.75) is 88.8 Å². The highest BCUT2D eigenvalue weighted by molar-refractivity contribution is 5.98. The minimum Gasteiger partial charge on any atom is -0.352 e. The minimum absolute atomic E-state index is 0.0190. The van der Waals surface area contributed by atoms with Gasteiger partial charge in [0.25, 0.3) is 5.91 Å². The molecule has 1 aromatic rings. The van der Waals surface area contributed by atoms with Gasteiger partial charge in [-0.3, -0.25) is 14.4 Å². The van der Waals surface area contributed by atoms with Gasteiger partial charge in [0.1, 0.15) is 12.1 Å². The van der Waals surface area contributed by atoms with Crippen molar-refractivity contribution < 1.29 is 14.4 Å². The van der Waals surface area contributed by atoms with Crippen molar-refractivity contribution in [3.63, 3.8) is 0 Å². The summed E-state index contributed by atoms with van der Waals surface area (Å²) in [6.07, 6.45) is 11.2. The van der Waals surface area contributed by atoms with E-state index in [1.54, 1.807) is 17.0 Å². The van der Waals surface area contributed by atoms with Crippen molar-refractivity contribution in [3.05, 3.63) is 35.9 Å². The second-order valence-electron chi connectivity index (χ2n) is 9.39. The van der Waals surface area contributed by atoms with E-state index in [-0.39, 0.29) is 29.7 Å². The molecule has 0 radical (unpaired) electrons. The van der Waals surface area contributed by atoms with E-state index in [0.717, 1.165) is 57.8 Å². The fourth-order valence-electron chi connectivity index (χ4n) is 5.51. The first-order valence-corrected chi connectivity index (χ1v) is 12.1. The van der Waals surface area contributed by atoms with Gasteiger partial charge in [0, 0.05) is 18.2 Å². The summed E-state index contributed by atoms with van der Waals surface area (Å²) in [5, 5.41) is 6.22. The maximum atomic E-state index is 13.7. The first-order chi connectivity index (χ1) is 15.1. The summed E-state index contributed by atoms with van der Waals surface area (Å²) in [5.74, 6) is -0.182. The predicted molar refractivity (Wildman–Crippen MR) is 119 cm³/mol. The van der Waals surface area contributed by atoms with Gasteiger partial charge in [0.15, 0.2) is 0 Å². The Morgan fingerprint density at radius 3 is 2.23 bits per heavy atom. The highest BCUT2D eigenvalue weighted by Gasteiger charge is 2.41. The van der Waals surface area contributed by atoms with Gasteiger partial charge in [-0.25, -0.2) is 0 Å². The van der Waals surface area contributed by atoms with Crippen molar-refractivity contribution in [1.29, 1.82) is 0 Å². The summed E-state index contributed by atoms with van der Waals surface area (Å²) >= 11 is 0. The molecule has 1 aliphatic heterocycles. The lowest BCUT2D eigenvalue weighted by Crippen LogP contribution is -2.56. The number of nitrogens with zero attached hydrogens (tertiary/aromatic N) is 1. The van der Waals surface area contributed by atoms with Crippen LogP contribution in [0.2, 0.25) is 0 Å². The standard InChI is InChI=1S/C25H35N3O3/c29-23(19-12-5-2-6-13-19)27-22(18-10-3-1-4-11-18)25(31)28-17-9-16-21(28)24(30)26-20-14-7-8-15-20/h2,5-6,12-13,18,20-22H,1,3-4,7-11,14-17H2,(H,26,30)(H,27,29)/t21-,22-/m0/s1. The Balaban J connectivity index is 1.48. The molecular formula is C25H35N3O3. The van der Waals surface area contributed by atoms with Gasteiger partial charge >= 0.3 is 0 Å². The number of rotatable bonds is 6. The van der Waals surface area contributed by atoms with Gasteiger partial charge in [-0.1, -0.05) is 50.3 Å². The molecular weight excluding hydrogens is 390 g/mol. The highest BCUT2D eigenvalue weighted by atomic mass is 16.2. The molecule has 1 heterocycles. The molecule has 6 heteroatoms. The summed E-state index contributed by atoms with van der Waals surface area (Å²) < 4.78 is 0. The Kier molecular flexibility index (Phi) is 7.25. The van der Waals surface area contributed by atoms with Crippen molar-refractivity contribution in [3.8, 4) is 0 Å². The summed E-state index contributed by atoms with van der Waals surface area (Å²) in [6, 6.07) is 8.35. The van der Waals surface area contributed by atoms with Gasteiger partial charge in [0.2, 0.25) is 11.8 Å². The van der Waals surface area contributed by atoms with E-state index in [1.165, 1.54) is 6.42 Å². The van der Waals surface area contributed by atoms with Crippen LogP contribution in [0.4, 0.5) is 0 Å². The van der Waals surface area contributed by atoms with E-state index < -0.39 is 12.1 Å². The van der Waals surface area contributed by atoms with Crippen LogP contribution in [0.25, 0.3) is 0 Å². The number of carbonyl (C=O) groups is 3. The van der Waals surface area contributed by atoms with Crippen molar-refractivity contribution in [2.75, 3.05) is 6.54 Å². The zero-order chi connectivity index (χ0) is 21.6. The quantitative estimate of drug-likeness (QED) is 0.733. The third-order valence-corrected chi connectivity index (χ3v) is 7.25. The Morgan fingerprint density at radius 1 is 0.839 bits per heavy atom. The summed E-state index contributed by atoms with van der Waals surface area (Å²) in [4.78, 5) is 41.3. The highest BCUT2D eigenvalue weighted by Crippen LogP contribution is 2.30. The largest absolute Gasteiger partial charge is 0.352 e. The second-order valence-corrected chi connectivity index (χ2v) is 9.39. The van der Waals surface area contributed by atoms with E-state index in [4.69, 9.17) is 0 Å². The predicted octanol–water partition coefficient (Wildman–Crippen LogP) is 3.42. The molecule has 168 valence electrons. The van der Waals surface area contributed by atoms with Crippen molar-refractivity contribution in [1.82, 2.24) is 15.5 Å². The third-order valence-electron chi connectivity index (χ3n) is 7.25. The van der Waals surface area contributed by atoms with Crippen LogP contribution in [0.3, 0.4) is 0 Å². The minimum atomic E-state index is -0.562. The Labute approximate surface area is 185 Å². The summed E-state index contributed by atoms with van der Waals surface area (Å²) in [6.45, 7) is 0.589. The molecule has 0 unspecified atom stereocenters. The van der Waals surface area contributed by atoms with E-state index in [9.17, 15) is 14.4 Å². The van der Waals surface area contributed by atoms with Gasteiger partial charge in [0.05, 0.1) is 0 Å². The van der Waals surface area contributed by atoms with Crippen LogP contribution in [0, 0.1) is 5.92 Å². The molecule has 2 saturated carbocycles. The molecule has 2 aliphatic carbocycles. The smallest absolute Gasteiger partial charge is 0.251 e. The van der Waals surface area contributed by atoms with Crippen LogP contribution in [0.5, 0.6) is 0 Å². The molecule has 1 saturated heterocycles. The van der Waals surface area contributed by atoms with Crippen LogP contribution >= 0.6 is 0 Å². The Morgan fingerprint density at radius 2 is 1.52 bits per heavy atom. The molecule has 0 aromatic heterocycles. The van der Waals surface area contributed by atoms with E-state index in [0.29, 0.717) is 18.5 Å². The van der Waals surface area contributed by atoms with E-state index in [1.807, 2.05) is 18.2 Å². The number of likely N-dealkylation sites (tertiary alicyclic amines) is 1. The van der Waals surface area contributed by atoms with Gasteiger partial charge in [-0.05, 0) is 56.6 Å². The topological polar surface area (TPSA) is 78.5 Å². The molecule has 1 aromatic carbocycles. The first-order valence-electron chi connectivity index (χ1n) is 12.1. The van der Waals surface area contributed by atoms with Crippen molar-refractivity contribution >= 4 is 17.7 Å². The number of benzene rings is 1. The van der Waals surface area contributed by atoms with Gasteiger partial charge in [-0.2, -0.15) is 0 Å². The van der Waals surface area contributed by atoms with Crippen LogP contribution < -0.4 is 10.6 Å². The number of carbonyl (C=O) groups excluding carboxylic acids is 3. The lowest BCUT2D eigenvalue weighted by Gasteiger charge is -2.35. The number of amides is 3. The molecule has 2 N–H and O–H groups in total. The Hall–Kier alpha value is -2.37. The molecule has 4 rings (SSSR count). The van der Waals surface area contributed by atoms with Gasteiger partial charge < -0.3 is 15.5 Å². The maximum Gasteiger partial charge on any atom is 0.251 e. The first kappa shape index (κ1) is 21.8. The molecule has 3 amide bonds. The van der Waals surface area contributed by atoms with Crippen LogP contribution in [-0.4, -0.2) is 47.3 Å². The lowest BCUT2D eigenvalue weighted by atomic mass is 9.83. The zero-order valence-corrected chi connectivity index (χ0v) is 18.4.